The lowest BCUT2D eigenvalue weighted by Crippen LogP contribution is -2.35. The lowest BCUT2D eigenvalue weighted by Gasteiger charge is -2.28. The number of aromatic nitrogens is 15. The number of pyridine rings is 5. The van der Waals surface area contributed by atoms with Crippen LogP contribution >= 0.6 is 58.0 Å². The number of amides is 1. The van der Waals surface area contributed by atoms with Crippen molar-refractivity contribution in [1.29, 1.82) is 0 Å². The molecule has 25 nitrogen and oxygen atoms in total. The van der Waals surface area contributed by atoms with E-state index in [4.69, 9.17) is 91.2 Å². The number of aromatic amines is 5. The van der Waals surface area contributed by atoms with Gasteiger partial charge in [0.25, 0.3) is 0 Å². The summed E-state index contributed by atoms with van der Waals surface area (Å²) in [5.74, 6) is 3.65. The summed E-state index contributed by atoms with van der Waals surface area (Å²) >= 11 is 30.0. The van der Waals surface area contributed by atoms with Crippen molar-refractivity contribution in [3.8, 4) is 147 Å². The van der Waals surface area contributed by atoms with Gasteiger partial charge in [0, 0.05) is 128 Å². The van der Waals surface area contributed by atoms with Gasteiger partial charge in [0.15, 0.2) is 0 Å². The summed E-state index contributed by atoms with van der Waals surface area (Å²) in [6, 6.07) is 65.3. The van der Waals surface area contributed by atoms with Crippen molar-refractivity contribution in [2.24, 2.45) is 0 Å². The van der Waals surface area contributed by atoms with Gasteiger partial charge in [-0.1, -0.05) is 131 Å². The van der Waals surface area contributed by atoms with Crippen molar-refractivity contribution in [3.63, 3.8) is 0 Å². The highest BCUT2D eigenvalue weighted by atomic mass is 35.5. The van der Waals surface area contributed by atoms with E-state index in [1.165, 1.54) is 12.8 Å². The zero-order valence-corrected chi connectivity index (χ0v) is 74.2. The van der Waals surface area contributed by atoms with E-state index in [9.17, 15) is 4.79 Å². The molecule has 10 aromatic heterocycles. The fourth-order valence-corrected chi connectivity index (χ4v) is 14.8. The second kappa shape index (κ2) is 44.0. The topological polar surface area (TPSA) is 305 Å². The van der Waals surface area contributed by atoms with Crippen LogP contribution in [-0.4, -0.2) is 152 Å². The Morgan fingerprint density at radius 2 is 0.661 bits per heavy atom. The Morgan fingerprint density at radius 3 is 0.976 bits per heavy atom. The lowest BCUT2D eigenvalue weighted by molar-refractivity contribution is 0.0519. The smallest absolute Gasteiger partial charge is 0.407 e. The van der Waals surface area contributed by atoms with Crippen LogP contribution < -0.4 is 33.7 Å². The number of rotatable bonds is 23. The van der Waals surface area contributed by atoms with Crippen LogP contribution in [0.2, 0.25) is 25.1 Å². The SMILES string of the molecule is CC(C)(C)OC(=O)NCCOc1n[nH]c(-c2ccc(Cl)cc2)c1-c1ccncc1.CN1CCC(Oc2n[nH]c(-c3ccc(Cl)cc3)c2-c2ccncc2)CC1.COc1ccc(COc2n[nH]c(-c3ccc(Cl)cc3)c2-c2ccncc2)cc1.COc1n[nH]c(-c2ccc(Cl)cc2)c1-c1ccncc1.Clc1ccc(-c2[nH]nc(OC3CCCC3)c2-c2ccncc2)cc1. The van der Waals surface area contributed by atoms with Crippen LogP contribution in [-0.2, 0) is 11.3 Å². The molecular formula is C97H92Cl5N17O8. The van der Waals surface area contributed by atoms with Crippen LogP contribution in [0.4, 0.5) is 4.79 Å². The number of benzene rings is 6. The van der Waals surface area contributed by atoms with Crippen molar-refractivity contribution in [3.05, 3.63) is 299 Å². The zero-order chi connectivity index (χ0) is 88.4. The van der Waals surface area contributed by atoms with Gasteiger partial charge in [0.1, 0.15) is 36.8 Å². The number of piperidine rings is 1. The third-order valence-electron chi connectivity index (χ3n) is 20.4. The molecule has 6 aromatic carbocycles. The maximum atomic E-state index is 11.7. The Kier molecular flexibility index (Phi) is 31.1. The van der Waals surface area contributed by atoms with Crippen LogP contribution in [0.5, 0.6) is 35.1 Å². The van der Waals surface area contributed by atoms with E-state index < -0.39 is 11.7 Å². The highest BCUT2D eigenvalue weighted by Crippen LogP contribution is 2.44. The molecule has 648 valence electrons. The van der Waals surface area contributed by atoms with Gasteiger partial charge in [-0.05, 0) is 233 Å². The molecule has 0 radical (unpaired) electrons. The van der Waals surface area contributed by atoms with Crippen LogP contribution in [0.15, 0.2) is 268 Å². The third-order valence-corrected chi connectivity index (χ3v) is 21.7. The van der Waals surface area contributed by atoms with E-state index >= 15 is 0 Å². The van der Waals surface area contributed by atoms with Gasteiger partial charge in [0.05, 0.1) is 77.1 Å². The van der Waals surface area contributed by atoms with E-state index in [2.05, 4.69) is 93.2 Å². The normalized spacial score (nSPS) is 12.6. The minimum atomic E-state index is -0.546. The Hall–Kier alpha value is -13.4. The van der Waals surface area contributed by atoms with E-state index in [1.807, 2.05) is 227 Å². The molecule has 6 N–H and O–H groups in total. The molecule has 0 bridgehead atoms. The molecule has 0 spiro atoms. The van der Waals surface area contributed by atoms with Crippen molar-refractivity contribution < 1.29 is 38.0 Å². The Bertz CT molecular complexity index is 6100. The van der Waals surface area contributed by atoms with Gasteiger partial charge in [-0.15, -0.1) is 25.5 Å². The number of halogens is 5. The third kappa shape index (κ3) is 24.4. The van der Waals surface area contributed by atoms with Crippen molar-refractivity contribution in [2.45, 2.75) is 83.7 Å². The molecule has 2 fully saturated rings. The number of alkyl carbamates (subject to hydrolysis) is 1. The average molecular weight is 1800 g/mol. The molecule has 1 amide bonds. The summed E-state index contributed by atoms with van der Waals surface area (Å²) in [6.45, 7) is 8.45. The molecule has 18 rings (SSSR count). The van der Waals surface area contributed by atoms with E-state index in [-0.39, 0.29) is 25.4 Å². The summed E-state index contributed by atoms with van der Waals surface area (Å²) in [5, 5.41) is 43.5. The second-order valence-electron chi connectivity index (χ2n) is 30.4. The first-order valence-corrected chi connectivity index (χ1v) is 42.9. The monoisotopic (exact) mass is 1800 g/mol. The van der Waals surface area contributed by atoms with Gasteiger partial charge < -0.3 is 43.4 Å². The van der Waals surface area contributed by atoms with Gasteiger partial charge in [0.2, 0.25) is 29.4 Å². The predicted molar refractivity (Wildman–Crippen MR) is 499 cm³/mol. The van der Waals surface area contributed by atoms with E-state index in [1.54, 1.807) is 76.2 Å². The lowest BCUT2D eigenvalue weighted by atomic mass is 10.0. The number of carbonyl (C=O) groups is 1. The number of carbonyl (C=O) groups excluding carboxylic acids is 1. The molecule has 30 heteroatoms. The Morgan fingerprint density at radius 1 is 0.370 bits per heavy atom. The molecule has 1 aliphatic heterocycles. The molecule has 1 saturated carbocycles. The number of methoxy groups -OCH3 is 2. The highest BCUT2D eigenvalue weighted by molar-refractivity contribution is 6.32. The average Bonchev–Trinajstić information content (AvgIpc) is 1.69. The van der Waals surface area contributed by atoms with Crippen molar-refractivity contribution in [1.82, 2.24) is 86.1 Å². The molecular weight excluding hydrogens is 1710 g/mol. The number of nitrogens with one attached hydrogen (secondary N) is 6. The molecule has 2 aliphatic rings. The second-order valence-corrected chi connectivity index (χ2v) is 32.6. The summed E-state index contributed by atoms with van der Waals surface area (Å²) in [6.07, 6.45) is 24.2. The van der Waals surface area contributed by atoms with Crippen LogP contribution in [0.3, 0.4) is 0 Å². The summed E-state index contributed by atoms with van der Waals surface area (Å²) in [4.78, 5) is 34.5. The fraction of sp³-hybridized carbons (Fsp3) is 0.206. The van der Waals surface area contributed by atoms with Crippen LogP contribution in [0.25, 0.3) is 112 Å². The van der Waals surface area contributed by atoms with Gasteiger partial charge in [-0.2, -0.15) is 0 Å². The van der Waals surface area contributed by atoms with E-state index in [0.717, 1.165) is 162 Å². The quantitative estimate of drug-likeness (QED) is 0.0324. The van der Waals surface area contributed by atoms with Gasteiger partial charge in [-0.25, -0.2) is 4.79 Å². The first-order valence-electron chi connectivity index (χ1n) is 41.0. The number of hydrogen-bond acceptors (Lipinski definition) is 19. The number of nitrogens with zero attached hydrogens (tertiary/aromatic N) is 11. The Balaban J connectivity index is 0.000000129. The van der Waals surface area contributed by atoms with E-state index in [0.29, 0.717) is 61.1 Å². The highest BCUT2D eigenvalue weighted by Gasteiger charge is 2.28. The molecule has 1 aliphatic carbocycles. The van der Waals surface area contributed by atoms with Gasteiger partial charge >= 0.3 is 6.09 Å². The summed E-state index contributed by atoms with van der Waals surface area (Å²) < 4.78 is 40.1. The molecule has 0 atom stereocenters. The largest absolute Gasteiger partial charge is 0.497 e. The first kappa shape index (κ1) is 89.9. The number of hydrogen-bond donors (Lipinski definition) is 6. The number of H-pyrrole nitrogens is 5. The Labute approximate surface area is 760 Å². The van der Waals surface area contributed by atoms with Crippen molar-refractivity contribution >= 4 is 64.1 Å². The minimum Gasteiger partial charge on any atom is -0.497 e. The van der Waals surface area contributed by atoms with Crippen LogP contribution in [0, 0.1) is 0 Å². The standard InChI is InChI=1S/C22H18ClN3O2.C21H23ClN4O3.C20H21ClN4O.C19H18ClN3O.C15H12ClN3O/c1-27-19-8-2-15(3-9-19)14-28-22-20(16-10-12-24-13-11-16)21(25-26-22)17-4-6-18(23)7-5-17;1-21(2,3)29-20(27)24-12-13-28-19-17(14-8-10-23-11-9-14)18(25-26-19)15-4-6-16(22)7-5-15;1-25-12-8-17(9-13-25)26-20-18(14-6-10-22-11-7-14)19(23-24-20)15-2-4-16(21)5-3-15;20-15-7-5-14(6-8-15)18-17(13-9-11-21-12-10-13)19(23-22-18)24-16-3-1-2-4-16;1-20-15-13(10-6-8-17-9-7-10)14(18-19-15)11-2-4-12(16)5-3-11/h2-13H,14H2,1H3,(H,25,26);4-11H,12-13H2,1-3H3,(H,24,27)(H,25,26);2-7,10-11,17H,8-9,12-13H2,1H3,(H,23,24);5-12,16H,1-4H2,(H,22,23);2-9H,1H3,(H,18,19). The fourth-order valence-electron chi connectivity index (χ4n) is 14.1. The summed E-state index contributed by atoms with van der Waals surface area (Å²) in [5.41, 5.74) is 19.4. The number of ether oxygens (including phenoxy) is 7. The maximum Gasteiger partial charge on any atom is 0.407 e. The minimum absolute atomic E-state index is 0.188. The van der Waals surface area contributed by atoms with Crippen molar-refractivity contribution in [2.75, 3.05) is 47.5 Å². The van der Waals surface area contributed by atoms with Crippen LogP contribution in [0.1, 0.15) is 64.9 Å². The summed E-state index contributed by atoms with van der Waals surface area (Å²) in [7, 11) is 5.40. The zero-order valence-electron chi connectivity index (χ0n) is 70.4. The number of likely N-dealkylation sites (tertiary alicyclic amines) is 1. The van der Waals surface area contributed by atoms with Gasteiger partial charge in [-0.3, -0.25) is 50.4 Å². The maximum absolute atomic E-state index is 11.7. The predicted octanol–water partition coefficient (Wildman–Crippen LogP) is 23.3. The first-order chi connectivity index (χ1) is 61.9. The molecule has 16 aromatic rings. The molecule has 0 unspecified atom stereocenters. The molecule has 11 heterocycles. The molecule has 1 saturated heterocycles. The molecule has 127 heavy (non-hydrogen) atoms.